The maximum absolute atomic E-state index is 12.7. The summed E-state index contributed by atoms with van der Waals surface area (Å²) in [5.74, 6) is -0.904. The fourth-order valence-electron chi connectivity index (χ4n) is 3.01. The third-order valence-corrected chi connectivity index (χ3v) is 5.21. The molecular formula is C23H25BrN4O5. The lowest BCUT2D eigenvalue weighted by Gasteiger charge is -2.19. The van der Waals surface area contributed by atoms with Gasteiger partial charge in [0.15, 0.2) is 6.10 Å². The third kappa shape index (κ3) is 8.57. The van der Waals surface area contributed by atoms with Gasteiger partial charge in [0.05, 0.1) is 13.0 Å². The predicted molar refractivity (Wildman–Crippen MR) is 125 cm³/mol. The summed E-state index contributed by atoms with van der Waals surface area (Å²) in [4.78, 5) is 42.7. The molecule has 0 bridgehead atoms. The summed E-state index contributed by atoms with van der Waals surface area (Å²) < 4.78 is 5.85. The Kier molecular flexibility index (Phi) is 9.25. The van der Waals surface area contributed by atoms with E-state index in [1.807, 2.05) is 60.7 Å². The zero-order valence-electron chi connectivity index (χ0n) is 17.8. The number of hydrogen-bond acceptors (Lipinski definition) is 6. The van der Waals surface area contributed by atoms with Crippen molar-refractivity contribution in [2.24, 2.45) is 5.16 Å². The number of nitrogens with one attached hydrogen (secondary N) is 3. The highest BCUT2D eigenvalue weighted by Gasteiger charge is 2.27. The van der Waals surface area contributed by atoms with E-state index >= 15 is 0 Å². The molecule has 1 unspecified atom stereocenters. The number of halogens is 1. The highest BCUT2D eigenvalue weighted by Crippen LogP contribution is 2.13. The zero-order valence-corrected chi connectivity index (χ0v) is 19.4. The van der Waals surface area contributed by atoms with Crippen molar-refractivity contribution >= 4 is 38.5 Å². The van der Waals surface area contributed by atoms with E-state index in [4.69, 9.17) is 9.57 Å². The number of benzene rings is 2. The molecular weight excluding hydrogens is 492 g/mol. The van der Waals surface area contributed by atoms with Gasteiger partial charge in [-0.05, 0) is 27.1 Å². The van der Waals surface area contributed by atoms with E-state index in [-0.39, 0.29) is 31.6 Å². The van der Waals surface area contributed by atoms with E-state index in [0.717, 1.165) is 11.1 Å². The predicted octanol–water partition coefficient (Wildman–Crippen LogP) is 2.60. The largest absolute Gasteiger partial charge is 0.445 e. The molecule has 33 heavy (non-hydrogen) atoms. The molecule has 10 heteroatoms. The van der Waals surface area contributed by atoms with Gasteiger partial charge in [0.25, 0.3) is 0 Å². The SMILES string of the molecule is O=C(C[C@H](NC(=O)OCc1ccccc1)C(=O)NCC1CC(Br)=NO1)NCc1ccccc1. The minimum absolute atomic E-state index is 0.0441. The van der Waals surface area contributed by atoms with Crippen LogP contribution in [0, 0.1) is 0 Å². The van der Waals surface area contributed by atoms with Gasteiger partial charge >= 0.3 is 6.09 Å². The van der Waals surface area contributed by atoms with Crippen LogP contribution in [0.3, 0.4) is 0 Å². The summed E-state index contributed by atoms with van der Waals surface area (Å²) in [6.07, 6.45) is -0.834. The Morgan fingerprint density at radius 3 is 2.33 bits per heavy atom. The van der Waals surface area contributed by atoms with E-state index in [2.05, 4.69) is 37.0 Å². The third-order valence-electron chi connectivity index (χ3n) is 4.74. The van der Waals surface area contributed by atoms with Gasteiger partial charge in [0.2, 0.25) is 11.8 Å². The Bertz CT molecular complexity index is 914. The van der Waals surface area contributed by atoms with Crippen molar-refractivity contribution < 1.29 is 24.0 Å². The molecule has 0 spiro atoms. The molecule has 174 valence electrons. The van der Waals surface area contributed by atoms with Crippen LogP contribution in [0.5, 0.6) is 0 Å². The van der Waals surface area contributed by atoms with Crippen LogP contribution in [-0.2, 0) is 32.3 Å². The molecule has 0 aromatic heterocycles. The lowest BCUT2D eigenvalue weighted by molar-refractivity contribution is -0.128. The van der Waals surface area contributed by atoms with Crippen molar-refractivity contribution in [2.75, 3.05) is 6.54 Å². The first-order chi connectivity index (χ1) is 16.0. The van der Waals surface area contributed by atoms with Gasteiger partial charge in [-0.2, -0.15) is 0 Å². The second-order valence-corrected chi connectivity index (χ2v) is 8.28. The number of carbonyl (C=O) groups excluding carboxylic acids is 3. The van der Waals surface area contributed by atoms with Gasteiger partial charge in [-0.1, -0.05) is 65.8 Å². The van der Waals surface area contributed by atoms with Crippen molar-refractivity contribution in [1.29, 1.82) is 0 Å². The van der Waals surface area contributed by atoms with Crippen molar-refractivity contribution in [2.45, 2.75) is 38.1 Å². The molecule has 2 atom stereocenters. The normalized spacial score (nSPS) is 15.5. The van der Waals surface area contributed by atoms with Crippen LogP contribution in [0.4, 0.5) is 4.79 Å². The van der Waals surface area contributed by atoms with Crippen molar-refractivity contribution in [3.05, 3.63) is 71.8 Å². The Balaban J connectivity index is 1.53. The van der Waals surface area contributed by atoms with Crippen LogP contribution in [0.25, 0.3) is 0 Å². The van der Waals surface area contributed by atoms with E-state index in [9.17, 15) is 14.4 Å². The van der Waals surface area contributed by atoms with E-state index in [1.54, 1.807) is 0 Å². The molecule has 1 aliphatic heterocycles. The topological polar surface area (TPSA) is 118 Å². The van der Waals surface area contributed by atoms with Crippen LogP contribution >= 0.6 is 15.9 Å². The highest BCUT2D eigenvalue weighted by atomic mass is 79.9. The standard InChI is InChI=1S/C23H25BrN4O5/c24-20-11-18(33-28-20)14-26-22(30)19(12-21(29)25-13-16-7-3-1-4-8-16)27-23(31)32-15-17-9-5-2-6-10-17/h1-10,18-19H,11-15H2,(H,25,29)(H,26,30)(H,27,31)/t18?,19-/m0/s1. The van der Waals surface area contributed by atoms with Gasteiger partial charge < -0.3 is 25.5 Å². The molecule has 0 saturated carbocycles. The molecule has 0 radical (unpaired) electrons. The van der Waals surface area contributed by atoms with Crippen LogP contribution in [0.2, 0.25) is 0 Å². The maximum Gasteiger partial charge on any atom is 0.408 e. The molecule has 2 aromatic rings. The van der Waals surface area contributed by atoms with Gasteiger partial charge in [0.1, 0.15) is 17.3 Å². The molecule has 0 aliphatic carbocycles. The summed E-state index contributed by atoms with van der Waals surface area (Å²) in [5.41, 5.74) is 1.73. The second kappa shape index (κ2) is 12.6. The summed E-state index contributed by atoms with van der Waals surface area (Å²) in [7, 11) is 0. The minimum atomic E-state index is -1.12. The Morgan fingerprint density at radius 1 is 1.03 bits per heavy atom. The van der Waals surface area contributed by atoms with Gasteiger partial charge in [0, 0.05) is 13.0 Å². The number of alkyl carbamates (subject to hydrolysis) is 1. The first-order valence-electron chi connectivity index (χ1n) is 10.4. The van der Waals surface area contributed by atoms with Crippen molar-refractivity contribution in [3.63, 3.8) is 0 Å². The molecule has 1 heterocycles. The maximum atomic E-state index is 12.7. The number of oxime groups is 1. The molecule has 0 fully saturated rings. The lowest BCUT2D eigenvalue weighted by Crippen LogP contribution is -2.50. The van der Waals surface area contributed by atoms with Gasteiger partial charge in [-0.25, -0.2) is 4.79 Å². The fraction of sp³-hybridized carbons (Fsp3) is 0.304. The number of ether oxygens (including phenoxy) is 1. The van der Waals surface area contributed by atoms with Crippen LogP contribution < -0.4 is 16.0 Å². The number of amides is 3. The quantitative estimate of drug-likeness (QED) is 0.448. The van der Waals surface area contributed by atoms with Crippen LogP contribution in [0.15, 0.2) is 65.8 Å². The minimum Gasteiger partial charge on any atom is -0.445 e. The first kappa shape index (κ1) is 24.2. The molecule has 0 saturated heterocycles. The monoisotopic (exact) mass is 516 g/mol. The molecule has 1 aliphatic rings. The van der Waals surface area contributed by atoms with E-state index < -0.39 is 18.0 Å². The molecule has 3 amide bonds. The first-order valence-corrected chi connectivity index (χ1v) is 11.2. The molecule has 3 N–H and O–H groups in total. The Labute approximate surface area is 200 Å². The summed E-state index contributed by atoms with van der Waals surface area (Å²) >= 11 is 3.24. The average Bonchev–Trinajstić information content (AvgIpc) is 3.26. The Morgan fingerprint density at radius 2 is 1.70 bits per heavy atom. The average molecular weight is 517 g/mol. The fourth-order valence-corrected chi connectivity index (χ4v) is 3.46. The molecule has 2 aromatic carbocycles. The van der Waals surface area contributed by atoms with E-state index in [1.165, 1.54) is 0 Å². The van der Waals surface area contributed by atoms with Gasteiger partial charge in [-0.3, -0.25) is 9.59 Å². The molecule has 9 nitrogen and oxygen atoms in total. The van der Waals surface area contributed by atoms with Crippen LogP contribution in [-0.4, -0.2) is 41.2 Å². The van der Waals surface area contributed by atoms with Crippen molar-refractivity contribution in [1.82, 2.24) is 16.0 Å². The summed E-state index contributed by atoms with van der Waals surface area (Å²) in [5, 5.41) is 11.7. The number of rotatable bonds is 10. The zero-order chi connectivity index (χ0) is 23.5. The number of nitrogens with zero attached hydrogens (tertiary/aromatic N) is 1. The molecule has 3 rings (SSSR count). The highest BCUT2D eigenvalue weighted by molar-refractivity contribution is 9.18. The van der Waals surface area contributed by atoms with Gasteiger partial charge in [-0.15, -0.1) is 0 Å². The lowest BCUT2D eigenvalue weighted by atomic mass is 10.1. The van der Waals surface area contributed by atoms with Crippen molar-refractivity contribution in [3.8, 4) is 0 Å². The van der Waals surface area contributed by atoms with E-state index in [0.29, 0.717) is 17.6 Å². The summed E-state index contributed by atoms with van der Waals surface area (Å²) in [6, 6.07) is 17.4. The smallest absolute Gasteiger partial charge is 0.408 e. The number of hydrogen-bond donors (Lipinski definition) is 3. The second-order valence-electron chi connectivity index (χ2n) is 7.37. The number of carbonyl (C=O) groups is 3. The van der Waals surface area contributed by atoms with Crippen LogP contribution in [0.1, 0.15) is 24.0 Å². The Hall–Kier alpha value is -3.40. The summed E-state index contributed by atoms with van der Waals surface area (Å²) in [6.45, 7) is 0.538.